The van der Waals surface area contributed by atoms with E-state index >= 15 is 0 Å². The summed E-state index contributed by atoms with van der Waals surface area (Å²) in [4.78, 5) is 28.4. The number of aryl methyl sites for hydroxylation is 2. The minimum absolute atomic E-state index is 0.251. The van der Waals surface area contributed by atoms with Crippen LogP contribution in [0, 0.1) is 13.8 Å². The van der Waals surface area contributed by atoms with Crippen LogP contribution in [0.1, 0.15) is 32.0 Å². The number of carbonyl (C=O) groups excluding carboxylic acids is 2. The molecular formula is C18H16N4O3. The van der Waals surface area contributed by atoms with Crippen molar-refractivity contribution in [3.63, 3.8) is 0 Å². The second-order valence-electron chi connectivity index (χ2n) is 5.47. The molecule has 0 saturated heterocycles. The van der Waals surface area contributed by atoms with Crippen molar-refractivity contribution in [3.8, 4) is 0 Å². The lowest BCUT2D eigenvalue weighted by atomic mass is 10.1. The number of amides is 2. The average Bonchev–Trinajstić information content (AvgIpc) is 3.04. The highest BCUT2D eigenvalue weighted by molar-refractivity contribution is 6.06. The number of anilines is 2. The number of carbonyl (C=O) groups is 2. The lowest BCUT2D eigenvalue weighted by molar-refractivity contribution is 0.101. The van der Waals surface area contributed by atoms with Crippen molar-refractivity contribution in [1.29, 1.82) is 0 Å². The van der Waals surface area contributed by atoms with Gasteiger partial charge >= 0.3 is 0 Å². The normalized spacial score (nSPS) is 10.3. The van der Waals surface area contributed by atoms with Crippen molar-refractivity contribution in [2.24, 2.45) is 0 Å². The van der Waals surface area contributed by atoms with Gasteiger partial charge < -0.3 is 15.2 Å². The van der Waals surface area contributed by atoms with Crippen LogP contribution in [0.25, 0.3) is 0 Å². The second kappa shape index (κ2) is 6.96. The monoisotopic (exact) mass is 336 g/mol. The third-order valence-electron chi connectivity index (χ3n) is 3.68. The Labute approximate surface area is 144 Å². The molecule has 0 radical (unpaired) electrons. The van der Waals surface area contributed by atoms with Crippen LogP contribution in [0.3, 0.4) is 0 Å². The molecule has 0 spiro atoms. The van der Waals surface area contributed by atoms with Crippen molar-refractivity contribution in [3.05, 3.63) is 71.4 Å². The third kappa shape index (κ3) is 3.72. The number of nitrogens with zero attached hydrogens (tertiary/aromatic N) is 2. The molecule has 7 heteroatoms. The van der Waals surface area contributed by atoms with Gasteiger partial charge in [0.2, 0.25) is 0 Å². The number of benzene rings is 1. The molecule has 0 atom stereocenters. The maximum atomic E-state index is 12.3. The Morgan fingerprint density at radius 3 is 2.44 bits per heavy atom. The Morgan fingerprint density at radius 2 is 1.76 bits per heavy atom. The maximum absolute atomic E-state index is 12.3. The molecule has 2 aromatic heterocycles. The number of nitrogens with one attached hydrogen (secondary N) is 2. The molecule has 0 bridgehead atoms. The highest BCUT2D eigenvalue weighted by atomic mass is 16.5. The largest absolute Gasteiger partial charge is 0.361 e. The summed E-state index contributed by atoms with van der Waals surface area (Å²) in [7, 11) is 0. The third-order valence-corrected chi connectivity index (χ3v) is 3.68. The molecule has 25 heavy (non-hydrogen) atoms. The fourth-order valence-electron chi connectivity index (χ4n) is 2.25. The van der Waals surface area contributed by atoms with E-state index in [0.717, 1.165) is 5.56 Å². The predicted octanol–water partition coefficient (Wildman–Crippen LogP) is 3.19. The molecule has 7 nitrogen and oxygen atoms in total. The minimum Gasteiger partial charge on any atom is -0.361 e. The van der Waals surface area contributed by atoms with Crippen LogP contribution in [0.2, 0.25) is 0 Å². The average molecular weight is 336 g/mol. The zero-order valence-electron chi connectivity index (χ0n) is 13.7. The molecule has 0 aliphatic carbocycles. The number of rotatable bonds is 4. The van der Waals surface area contributed by atoms with Gasteiger partial charge in [0.1, 0.15) is 11.3 Å². The van der Waals surface area contributed by atoms with Gasteiger partial charge in [-0.25, -0.2) is 0 Å². The van der Waals surface area contributed by atoms with Crippen LogP contribution in [0.4, 0.5) is 11.4 Å². The van der Waals surface area contributed by atoms with Gasteiger partial charge in [0, 0.05) is 29.3 Å². The van der Waals surface area contributed by atoms with Gasteiger partial charge in [0.15, 0.2) is 0 Å². The topological polar surface area (TPSA) is 97.1 Å². The van der Waals surface area contributed by atoms with Gasteiger partial charge in [-0.05, 0) is 43.7 Å². The van der Waals surface area contributed by atoms with Crippen LogP contribution in [-0.4, -0.2) is 22.0 Å². The standard InChI is InChI=1S/C18H16N4O3/c1-11-3-4-14(21-17(23)13-5-7-19-8-6-13)9-16(11)22-18(24)15-10-20-25-12(15)2/h3-10H,1-2H3,(H,21,23)(H,22,24). The molecule has 0 saturated carbocycles. The molecule has 126 valence electrons. The van der Waals surface area contributed by atoms with Crippen molar-refractivity contribution in [2.45, 2.75) is 13.8 Å². The van der Waals surface area contributed by atoms with Gasteiger partial charge in [0.25, 0.3) is 11.8 Å². The fourth-order valence-corrected chi connectivity index (χ4v) is 2.25. The fraction of sp³-hybridized carbons (Fsp3) is 0.111. The van der Waals surface area contributed by atoms with Crippen LogP contribution >= 0.6 is 0 Å². The Balaban J connectivity index is 1.78. The molecule has 0 aliphatic heterocycles. The summed E-state index contributed by atoms with van der Waals surface area (Å²) in [5.74, 6) is -0.129. The molecule has 2 N–H and O–H groups in total. The summed E-state index contributed by atoms with van der Waals surface area (Å²) < 4.78 is 4.91. The van der Waals surface area contributed by atoms with Crippen LogP contribution < -0.4 is 10.6 Å². The summed E-state index contributed by atoms with van der Waals surface area (Å²) in [6.07, 6.45) is 4.48. The molecular weight excluding hydrogens is 320 g/mol. The summed E-state index contributed by atoms with van der Waals surface area (Å²) in [5.41, 5.74) is 2.90. The first-order chi connectivity index (χ1) is 12.0. The summed E-state index contributed by atoms with van der Waals surface area (Å²) >= 11 is 0. The summed E-state index contributed by atoms with van der Waals surface area (Å²) in [5, 5.41) is 9.20. The molecule has 2 amide bonds. The zero-order chi connectivity index (χ0) is 17.8. The number of aromatic nitrogens is 2. The molecule has 0 fully saturated rings. The quantitative estimate of drug-likeness (QED) is 0.762. The van der Waals surface area contributed by atoms with E-state index in [4.69, 9.17) is 4.52 Å². The van der Waals surface area contributed by atoms with E-state index in [1.165, 1.54) is 6.20 Å². The van der Waals surface area contributed by atoms with Crippen molar-refractivity contribution < 1.29 is 14.1 Å². The first-order valence-electron chi connectivity index (χ1n) is 7.59. The molecule has 0 aliphatic rings. The minimum atomic E-state index is -0.320. The number of hydrogen-bond acceptors (Lipinski definition) is 5. The summed E-state index contributed by atoms with van der Waals surface area (Å²) in [6, 6.07) is 8.55. The Kier molecular flexibility index (Phi) is 4.56. The number of hydrogen-bond donors (Lipinski definition) is 2. The van der Waals surface area contributed by atoms with E-state index in [9.17, 15) is 9.59 Å². The van der Waals surface area contributed by atoms with Gasteiger partial charge in [-0.1, -0.05) is 11.2 Å². The highest BCUT2D eigenvalue weighted by Gasteiger charge is 2.14. The Hall–Kier alpha value is -3.48. The second-order valence-corrected chi connectivity index (χ2v) is 5.47. The van der Waals surface area contributed by atoms with Crippen molar-refractivity contribution >= 4 is 23.2 Å². The SMILES string of the molecule is Cc1ccc(NC(=O)c2ccncc2)cc1NC(=O)c1cnoc1C. The van der Waals surface area contributed by atoms with E-state index in [2.05, 4.69) is 20.8 Å². The zero-order valence-corrected chi connectivity index (χ0v) is 13.7. The maximum Gasteiger partial charge on any atom is 0.260 e. The molecule has 0 unspecified atom stereocenters. The van der Waals surface area contributed by atoms with Crippen molar-refractivity contribution in [1.82, 2.24) is 10.1 Å². The van der Waals surface area contributed by atoms with Crippen LogP contribution in [-0.2, 0) is 0 Å². The molecule has 1 aromatic carbocycles. The highest BCUT2D eigenvalue weighted by Crippen LogP contribution is 2.22. The first kappa shape index (κ1) is 16.4. The smallest absolute Gasteiger partial charge is 0.260 e. The molecule has 3 aromatic rings. The van der Waals surface area contributed by atoms with E-state index in [1.807, 2.05) is 13.0 Å². The van der Waals surface area contributed by atoms with Gasteiger partial charge in [-0.15, -0.1) is 0 Å². The molecule has 3 rings (SSSR count). The van der Waals surface area contributed by atoms with Gasteiger partial charge in [-0.3, -0.25) is 14.6 Å². The lowest BCUT2D eigenvalue weighted by Crippen LogP contribution is -2.15. The van der Waals surface area contributed by atoms with E-state index < -0.39 is 0 Å². The van der Waals surface area contributed by atoms with E-state index in [-0.39, 0.29) is 11.8 Å². The van der Waals surface area contributed by atoms with Gasteiger partial charge in [0.05, 0.1) is 6.20 Å². The summed E-state index contributed by atoms with van der Waals surface area (Å²) in [6.45, 7) is 3.53. The molecule has 2 heterocycles. The van der Waals surface area contributed by atoms with Crippen molar-refractivity contribution in [2.75, 3.05) is 10.6 Å². The predicted molar refractivity (Wildman–Crippen MR) is 92.6 cm³/mol. The Morgan fingerprint density at radius 1 is 1.00 bits per heavy atom. The van der Waals surface area contributed by atoms with Gasteiger partial charge in [-0.2, -0.15) is 0 Å². The Bertz CT molecular complexity index is 919. The first-order valence-corrected chi connectivity index (χ1v) is 7.59. The van der Waals surface area contributed by atoms with Crippen LogP contribution in [0.15, 0.2) is 53.4 Å². The lowest BCUT2D eigenvalue weighted by Gasteiger charge is -2.11. The van der Waals surface area contributed by atoms with E-state index in [1.54, 1.807) is 43.6 Å². The number of pyridine rings is 1. The van der Waals surface area contributed by atoms with E-state index in [0.29, 0.717) is 28.3 Å². The van der Waals surface area contributed by atoms with Crippen LogP contribution in [0.5, 0.6) is 0 Å².